The van der Waals surface area contributed by atoms with Gasteiger partial charge in [0.05, 0.1) is 40.5 Å². The molecule has 2 aromatic carbocycles. The summed E-state index contributed by atoms with van der Waals surface area (Å²) >= 11 is 0. The Balaban J connectivity index is 1.52. The van der Waals surface area contributed by atoms with Gasteiger partial charge in [-0.2, -0.15) is 10.2 Å². The number of rotatable bonds is 5. The molecule has 0 spiro atoms. The molecular formula is C25H24FN9O2. The summed E-state index contributed by atoms with van der Waals surface area (Å²) in [6, 6.07) is 12.7. The third-order valence-electron chi connectivity index (χ3n) is 6.16. The molecule has 3 heterocycles. The fourth-order valence-corrected chi connectivity index (χ4v) is 4.15. The third-order valence-corrected chi connectivity index (χ3v) is 6.16. The molecule has 2 amide bonds. The molecule has 0 bridgehead atoms. The highest BCUT2D eigenvalue weighted by atomic mass is 19.1. The Morgan fingerprint density at radius 3 is 2.57 bits per heavy atom. The number of hydrazine groups is 2. The SMILES string of the molecule is CC(=O)N(C)N(Cc1ccn(-c2ccc(F)cc2)n1)C(=O)c1ccc2nc(NN)c3cnn(C)c3c2c1. The van der Waals surface area contributed by atoms with Crippen LogP contribution >= 0.6 is 0 Å². The summed E-state index contributed by atoms with van der Waals surface area (Å²) in [7, 11) is 3.32. The Bertz CT molecular complexity index is 1640. The number of carbonyl (C=O) groups excluding carboxylic acids is 2. The van der Waals surface area contributed by atoms with Gasteiger partial charge in [0.15, 0.2) is 5.82 Å². The number of nitrogens with two attached hydrogens (primary N) is 1. The number of nitrogens with zero attached hydrogens (tertiary/aromatic N) is 7. The van der Waals surface area contributed by atoms with Gasteiger partial charge in [-0.1, -0.05) is 0 Å². The van der Waals surface area contributed by atoms with Crippen molar-refractivity contribution in [3.8, 4) is 5.69 Å². The van der Waals surface area contributed by atoms with E-state index in [4.69, 9.17) is 5.84 Å². The highest BCUT2D eigenvalue weighted by Crippen LogP contribution is 2.29. The lowest BCUT2D eigenvalue weighted by atomic mass is 10.1. The van der Waals surface area contributed by atoms with Crippen LogP contribution in [0.2, 0.25) is 0 Å². The van der Waals surface area contributed by atoms with Crippen LogP contribution in [0.1, 0.15) is 23.0 Å². The molecule has 11 nitrogen and oxygen atoms in total. The minimum absolute atomic E-state index is 0.0382. The molecule has 188 valence electrons. The van der Waals surface area contributed by atoms with Crippen LogP contribution in [-0.2, 0) is 18.4 Å². The topological polar surface area (TPSA) is 127 Å². The average Bonchev–Trinajstić information content (AvgIpc) is 3.53. The Labute approximate surface area is 210 Å². The summed E-state index contributed by atoms with van der Waals surface area (Å²) in [6.07, 6.45) is 3.36. The van der Waals surface area contributed by atoms with E-state index in [0.717, 1.165) is 5.52 Å². The number of aryl methyl sites for hydroxylation is 1. The second-order valence-corrected chi connectivity index (χ2v) is 8.50. The first-order chi connectivity index (χ1) is 17.8. The van der Waals surface area contributed by atoms with Crippen LogP contribution in [0.4, 0.5) is 10.2 Å². The van der Waals surface area contributed by atoms with Crippen LogP contribution in [0.15, 0.2) is 60.9 Å². The number of carbonyl (C=O) groups is 2. The summed E-state index contributed by atoms with van der Waals surface area (Å²) in [5.74, 6) is 5.06. The number of hydrogen-bond acceptors (Lipinski definition) is 7. The van der Waals surface area contributed by atoms with Crippen molar-refractivity contribution in [2.45, 2.75) is 13.5 Å². The van der Waals surface area contributed by atoms with Gasteiger partial charge in [0, 0.05) is 38.2 Å². The molecule has 0 aliphatic carbocycles. The second-order valence-electron chi connectivity index (χ2n) is 8.50. The smallest absolute Gasteiger partial charge is 0.272 e. The van der Waals surface area contributed by atoms with Crippen molar-refractivity contribution in [3.05, 3.63) is 78.0 Å². The van der Waals surface area contributed by atoms with E-state index < -0.39 is 5.91 Å². The second kappa shape index (κ2) is 9.32. The number of anilines is 1. The Kier molecular flexibility index (Phi) is 6.01. The van der Waals surface area contributed by atoms with Gasteiger partial charge >= 0.3 is 0 Å². The lowest BCUT2D eigenvalue weighted by Gasteiger charge is -2.30. The molecule has 5 aromatic rings. The van der Waals surface area contributed by atoms with E-state index in [1.54, 1.807) is 65.2 Å². The molecule has 0 fully saturated rings. The number of nitrogens with one attached hydrogen (secondary N) is 1. The Morgan fingerprint density at radius 1 is 1.11 bits per heavy atom. The van der Waals surface area contributed by atoms with Crippen molar-refractivity contribution in [2.75, 3.05) is 12.5 Å². The van der Waals surface area contributed by atoms with E-state index in [-0.39, 0.29) is 18.3 Å². The molecule has 0 aliphatic rings. The minimum atomic E-state index is -0.396. The van der Waals surface area contributed by atoms with Crippen LogP contribution in [0, 0.1) is 5.82 Å². The van der Waals surface area contributed by atoms with E-state index in [1.165, 1.54) is 36.1 Å². The molecule has 0 radical (unpaired) electrons. The van der Waals surface area contributed by atoms with Gasteiger partial charge in [0.25, 0.3) is 5.91 Å². The van der Waals surface area contributed by atoms with Crippen molar-refractivity contribution >= 4 is 39.4 Å². The number of halogens is 1. The van der Waals surface area contributed by atoms with Crippen molar-refractivity contribution in [1.29, 1.82) is 0 Å². The molecule has 0 unspecified atom stereocenters. The number of hydrogen-bond donors (Lipinski definition) is 2. The number of fused-ring (bicyclic) bond motifs is 3. The first-order valence-electron chi connectivity index (χ1n) is 11.4. The minimum Gasteiger partial charge on any atom is -0.308 e. The molecule has 12 heteroatoms. The standard InChI is InChI=1S/C25H24FN9O2/c1-15(36)33(3)35(14-18-10-11-34(31-18)19-7-5-17(26)6-8-19)25(37)16-4-9-22-20(12-16)23-21(13-28-32(23)2)24(29-22)30-27/h4-13H,14,27H2,1-3H3,(H,29,30). The molecule has 0 atom stereocenters. The van der Waals surface area contributed by atoms with E-state index in [9.17, 15) is 14.0 Å². The number of amides is 2. The van der Waals surface area contributed by atoms with Gasteiger partial charge in [-0.25, -0.2) is 24.9 Å². The van der Waals surface area contributed by atoms with E-state index in [1.807, 2.05) is 0 Å². The first kappa shape index (κ1) is 23.9. The molecule has 0 aliphatic heterocycles. The summed E-state index contributed by atoms with van der Waals surface area (Å²) in [4.78, 5) is 30.5. The summed E-state index contributed by atoms with van der Waals surface area (Å²) < 4.78 is 16.6. The third kappa shape index (κ3) is 4.34. The average molecular weight is 502 g/mol. The molecule has 0 saturated carbocycles. The first-order valence-corrected chi connectivity index (χ1v) is 11.4. The number of nitrogen functional groups attached to an aromatic ring is 1. The maximum atomic E-state index is 13.7. The lowest BCUT2D eigenvalue weighted by Crippen LogP contribution is -2.46. The maximum Gasteiger partial charge on any atom is 0.272 e. The predicted octanol–water partition coefficient (Wildman–Crippen LogP) is 2.77. The van der Waals surface area contributed by atoms with Crippen LogP contribution in [0.3, 0.4) is 0 Å². The van der Waals surface area contributed by atoms with Gasteiger partial charge in [0.1, 0.15) is 5.82 Å². The molecule has 0 saturated heterocycles. The largest absolute Gasteiger partial charge is 0.308 e. The molecule has 3 aromatic heterocycles. The van der Waals surface area contributed by atoms with Crippen molar-refractivity contribution in [3.63, 3.8) is 0 Å². The van der Waals surface area contributed by atoms with Gasteiger partial charge in [0.2, 0.25) is 5.91 Å². The van der Waals surface area contributed by atoms with E-state index in [2.05, 4.69) is 20.6 Å². The predicted molar refractivity (Wildman–Crippen MR) is 136 cm³/mol. The Hall–Kier alpha value is -4.84. The fourth-order valence-electron chi connectivity index (χ4n) is 4.15. The zero-order valence-corrected chi connectivity index (χ0v) is 20.4. The quantitative estimate of drug-likeness (QED) is 0.280. The van der Waals surface area contributed by atoms with Crippen LogP contribution in [0.25, 0.3) is 27.5 Å². The monoisotopic (exact) mass is 501 g/mol. The van der Waals surface area contributed by atoms with Crippen molar-refractivity contribution < 1.29 is 14.0 Å². The van der Waals surface area contributed by atoms with E-state index in [0.29, 0.717) is 39.1 Å². The highest BCUT2D eigenvalue weighted by Gasteiger charge is 2.24. The molecule has 5 rings (SSSR count). The summed E-state index contributed by atoms with van der Waals surface area (Å²) in [6.45, 7) is 1.42. The molecule has 37 heavy (non-hydrogen) atoms. The summed E-state index contributed by atoms with van der Waals surface area (Å²) in [5, 5.41) is 12.8. The zero-order chi connectivity index (χ0) is 26.3. The Morgan fingerprint density at radius 2 is 1.86 bits per heavy atom. The fraction of sp³-hybridized carbons (Fsp3) is 0.160. The maximum absolute atomic E-state index is 13.7. The van der Waals surface area contributed by atoms with Gasteiger partial charge in [-0.3, -0.25) is 19.3 Å². The zero-order valence-electron chi connectivity index (χ0n) is 20.4. The van der Waals surface area contributed by atoms with Crippen molar-refractivity contribution in [2.24, 2.45) is 12.9 Å². The van der Waals surface area contributed by atoms with Crippen LogP contribution in [0.5, 0.6) is 0 Å². The number of aromatic nitrogens is 5. The van der Waals surface area contributed by atoms with Gasteiger partial charge < -0.3 is 5.43 Å². The highest BCUT2D eigenvalue weighted by molar-refractivity contribution is 6.10. The van der Waals surface area contributed by atoms with Crippen LogP contribution < -0.4 is 11.3 Å². The lowest BCUT2D eigenvalue weighted by molar-refractivity contribution is -0.140. The molecular weight excluding hydrogens is 477 g/mol. The van der Waals surface area contributed by atoms with Gasteiger partial charge in [-0.05, 0) is 48.5 Å². The number of pyridine rings is 1. The summed E-state index contributed by atoms with van der Waals surface area (Å²) in [5.41, 5.74) is 5.55. The normalized spacial score (nSPS) is 11.2. The van der Waals surface area contributed by atoms with Gasteiger partial charge in [-0.15, -0.1) is 0 Å². The van der Waals surface area contributed by atoms with E-state index >= 15 is 0 Å². The van der Waals surface area contributed by atoms with Crippen molar-refractivity contribution in [1.82, 2.24) is 34.6 Å². The molecule has 3 N–H and O–H groups in total. The number of benzene rings is 2. The van der Waals surface area contributed by atoms with Crippen LogP contribution in [-0.4, -0.2) is 53.4 Å².